The first kappa shape index (κ1) is 15.3. The summed E-state index contributed by atoms with van der Waals surface area (Å²) in [5, 5.41) is 10.9. The second-order valence-corrected chi connectivity index (χ2v) is 6.24. The Morgan fingerprint density at radius 3 is 2.35 bits per heavy atom. The molecule has 2 unspecified atom stereocenters. The molecule has 0 amide bonds. The van der Waals surface area contributed by atoms with Crippen LogP contribution in [0.25, 0.3) is 0 Å². The average molecular weight is 277 g/mol. The highest BCUT2D eigenvalue weighted by Crippen LogP contribution is 2.44. The van der Waals surface area contributed by atoms with Gasteiger partial charge in [0.05, 0.1) is 6.04 Å². The molecule has 0 bridgehead atoms. The lowest BCUT2D eigenvalue weighted by molar-refractivity contribution is -0.0802. The van der Waals surface area contributed by atoms with Crippen LogP contribution in [0.2, 0.25) is 0 Å². The minimum atomic E-state index is -0.507. The molecule has 0 aromatic heterocycles. The Labute approximate surface area is 122 Å². The molecule has 0 radical (unpaired) electrons. The summed E-state index contributed by atoms with van der Waals surface area (Å²) in [7, 11) is 0. The van der Waals surface area contributed by atoms with Crippen LogP contribution >= 0.6 is 0 Å². The zero-order chi connectivity index (χ0) is 15.1. The van der Waals surface area contributed by atoms with Gasteiger partial charge in [0.1, 0.15) is 17.5 Å². The van der Waals surface area contributed by atoms with Crippen molar-refractivity contribution in [3.05, 3.63) is 28.8 Å². The Kier molecular flexibility index (Phi) is 4.12. The van der Waals surface area contributed by atoms with E-state index in [2.05, 4.69) is 52.5 Å². The first-order valence-corrected chi connectivity index (χ1v) is 7.54. The van der Waals surface area contributed by atoms with Gasteiger partial charge in [0.2, 0.25) is 0 Å². The Morgan fingerprint density at radius 1 is 1.20 bits per heavy atom. The zero-order valence-electron chi connectivity index (χ0n) is 13.5. The predicted octanol–water partition coefficient (Wildman–Crippen LogP) is 3.22. The molecule has 1 aliphatic heterocycles. The molecule has 0 saturated carbocycles. The van der Waals surface area contributed by atoms with E-state index in [-0.39, 0.29) is 6.04 Å². The molecule has 0 spiro atoms. The van der Waals surface area contributed by atoms with Crippen LogP contribution in [0.5, 0.6) is 5.75 Å². The van der Waals surface area contributed by atoms with E-state index < -0.39 is 11.7 Å². The third kappa shape index (κ3) is 2.33. The largest absolute Gasteiger partial charge is 0.485 e. The molecule has 1 N–H and O–H groups in total. The molecule has 0 saturated heterocycles. The minimum Gasteiger partial charge on any atom is -0.485 e. The quantitative estimate of drug-likeness (QED) is 0.921. The van der Waals surface area contributed by atoms with Crippen LogP contribution in [-0.2, 0) is 0 Å². The standard InChI is InChI=1S/C17H27NO2/c1-7-18(8-2)16-14(19)13-10-9-11(3)12(4)15(13)20-17(16,5)6/h9-10,14,16,19H,7-8H2,1-6H3. The van der Waals surface area contributed by atoms with E-state index in [1.165, 1.54) is 5.56 Å². The number of nitrogens with zero attached hydrogens (tertiary/aromatic N) is 1. The maximum atomic E-state index is 10.9. The van der Waals surface area contributed by atoms with E-state index in [1.54, 1.807) is 0 Å². The van der Waals surface area contributed by atoms with Gasteiger partial charge < -0.3 is 9.84 Å². The van der Waals surface area contributed by atoms with Crippen molar-refractivity contribution in [1.82, 2.24) is 4.90 Å². The lowest BCUT2D eigenvalue weighted by Crippen LogP contribution is -2.58. The fourth-order valence-corrected chi connectivity index (χ4v) is 3.31. The molecule has 1 aromatic rings. The SMILES string of the molecule is CCN(CC)C1C(O)c2ccc(C)c(C)c2OC1(C)C. The van der Waals surface area contributed by atoms with Gasteiger partial charge in [-0.1, -0.05) is 26.0 Å². The lowest BCUT2D eigenvalue weighted by Gasteiger charge is -2.48. The van der Waals surface area contributed by atoms with E-state index in [0.717, 1.165) is 30.0 Å². The number of aryl methyl sites for hydroxylation is 1. The number of aliphatic hydroxyl groups excluding tert-OH is 1. The molecular formula is C17H27NO2. The number of hydrogen-bond acceptors (Lipinski definition) is 3. The highest BCUT2D eigenvalue weighted by Gasteiger charge is 2.46. The molecule has 1 aromatic carbocycles. The van der Waals surface area contributed by atoms with E-state index in [1.807, 2.05) is 6.07 Å². The zero-order valence-corrected chi connectivity index (χ0v) is 13.5. The van der Waals surface area contributed by atoms with Gasteiger partial charge in [-0.25, -0.2) is 0 Å². The van der Waals surface area contributed by atoms with Gasteiger partial charge >= 0.3 is 0 Å². The van der Waals surface area contributed by atoms with Gasteiger partial charge in [-0.15, -0.1) is 0 Å². The molecule has 2 atom stereocenters. The summed E-state index contributed by atoms with van der Waals surface area (Å²) < 4.78 is 6.30. The van der Waals surface area contributed by atoms with E-state index in [0.29, 0.717) is 0 Å². The fraction of sp³-hybridized carbons (Fsp3) is 0.647. The van der Waals surface area contributed by atoms with Gasteiger partial charge in [-0.05, 0) is 51.9 Å². The van der Waals surface area contributed by atoms with Crippen molar-refractivity contribution in [1.29, 1.82) is 0 Å². The molecule has 3 heteroatoms. The Hall–Kier alpha value is -1.06. The van der Waals surface area contributed by atoms with Gasteiger partial charge in [0, 0.05) is 5.56 Å². The smallest absolute Gasteiger partial charge is 0.129 e. The number of ether oxygens (including phenoxy) is 1. The van der Waals surface area contributed by atoms with Crippen LogP contribution in [0.3, 0.4) is 0 Å². The molecule has 2 rings (SSSR count). The molecule has 3 nitrogen and oxygen atoms in total. The van der Waals surface area contributed by atoms with Crippen LogP contribution in [0.1, 0.15) is 50.5 Å². The number of fused-ring (bicyclic) bond motifs is 1. The third-order valence-electron chi connectivity index (χ3n) is 4.61. The molecule has 112 valence electrons. The van der Waals surface area contributed by atoms with Crippen molar-refractivity contribution in [3.63, 3.8) is 0 Å². The predicted molar refractivity (Wildman–Crippen MR) is 82.3 cm³/mol. The number of hydrogen-bond donors (Lipinski definition) is 1. The van der Waals surface area contributed by atoms with Crippen LogP contribution in [0.4, 0.5) is 0 Å². The van der Waals surface area contributed by atoms with Crippen molar-refractivity contribution in [3.8, 4) is 5.75 Å². The van der Waals surface area contributed by atoms with Gasteiger partial charge in [-0.2, -0.15) is 0 Å². The maximum absolute atomic E-state index is 10.9. The monoisotopic (exact) mass is 277 g/mol. The number of rotatable bonds is 3. The highest BCUT2D eigenvalue weighted by atomic mass is 16.5. The molecule has 0 fully saturated rings. The van der Waals surface area contributed by atoms with Gasteiger partial charge in [0.15, 0.2) is 0 Å². The molecule has 1 aliphatic rings. The molecule has 1 heterocycles. The van der Waals surface area contributed by atoms with Crippen molar-refractivity contribution < 1.29 is 9.84 Å². The molecular weight excluding hydrogens is 250 g/mol. The number of aliphatic hydroxyl groups is 1. The minimum absolute atomic E-state index is 0.0212. The van der Waals surface area contributed by atoms with Crippen LogP contribution in [0.15, 0.2) is 12.1 Å². The number of benzene rings is 1. The first-order chi connectivity index (χ1) is 9.33. The highest BCUT2D eigenvalue weighted by molar-refractivity contribution is 5.49. The fourth-order valence-electron chi connectivity index (χ4n) is 3.31. The lowest BCUT2D eigenvalue weighted by atomic mass is 9.83. The first-order valence-electron chi connectivity index (χ1n) is 7.54. The Morgan fingerprint density at radius 2 is 1.80 bits per heavy atom. The van der Waals surface area contributed by atoms with Crippen molar-refractivity contribution in [2.45, 2.75) is 59.3 Å². The summed E-state index contributed by atoms with van der Waals surface area (Å²) in [6.45, 7) is 14.4. The maximum Gasteiger partial charge on any atom is 0.129 e. The Balaban J connectivity index is 2.52. The van der Waals surface area contributed by atoms with Crippen molar-refractivity contribution >= 4 is 0 Å². The van der Waals surface area contributed by atoms with Crippen LogP contribution in [0, 0.1) is 13.8 Å². The van der Waals surface area contributed by atoms with E-state index in [4.69, 9.17) is 4.74 Å². The van der Waals surface area contributed by atoms with E-state index >= 15 is 0 Å². The molecule has 20 heavy (non-hydrogen) atoms. The van der Waals surface area contributed by atoms with Crippen LogP contribution in [-0.4, -0.2) is 34.7 Å². The molecule has 0 aliphatic carbocycles. The second kappa shape index (κ2) is 5.38. The van der Waals surface area contributed by atoms with Gasteiger partial charge in [0.25, 0.3) is 0 Å². The average Bonchev–Trinajstić information content (AvgIpc) is 2.39. The topological polar surface area (TPSA) is 32.7 Å². The van der Waals surface area contributed by atoms with Crippen molar-refractivity contribution in [2.75, 3.05) is 13.1 Å². The second-order valence-electron chi connectivity index (χ2n) is 6.24. The Bertz CT molecular complexity index is 492. The van der Waals surface area contributed by atoms with E-state index in [9.17, 15) is 5.11 Å². The summed E-state index contributed by atoms with van der Waals surface area (Å²) in [4.78, 5) is 2.28. The van der Waals surface area contributed by atoms with Crippen LogP contribution < -0.4 is 4.74 Å². The summed E-state index contributed by atoms with van der Waals surface area (Å²) in [6.07, 6.45) is -0.507. The summed E-state index contributed by atoms with van der Waals surface area (Å²) in [5.74, 6) is 0.867. The summed E-state index contributed by atoms with van der Waals surface area (Å²) >= 11 is 0. The van der Waals surface area contributed by atoms with Gasteiger partial charge in [-0.3, -0.25) is 4.90 Å². The van der Waals surface area contributed by atoms with Crippen molar-refractivity contribution in [2.24, 2.45) is 0 Å². The number of likely N-dealkylation sites (N-methyl/N-ethyl adjacent to an activating group) is 1. The normalized spacial score (nSPS) is 24.4. The summed E-state index contributed by atoms with van der Waals surface area (Å²) in [6, 6.07) is 4.05. The third-order valence-corrected chi connectivity index (χ3v) is 4.61. The summed E-state index contributed by atoms with van der Waals surface area (Å²) in [5.41, 5.74) is 2.85.